The van der Waals surface area contributed by atoms with Crippen molar-refractivity contribution in [3.05, 3.63) is 35.6 Å². The molecule has 4 heteroatoms. The molecule has 94 valence electrons. The van der Waals surface area contributed by atoms with E-state index < -0.39 is 23.3 Å². The van der Waals surface area contributed by atoms with Gasteiger partial charge in [0.25, 0.3) is 0 Å². The van der Waals surface area contributed by atoms with E-state index in [0.717, 1.165) is 0 Å². The third-order valence-corrected chi connectivity index (χ3v) is 2.98. The SMILES string of the molecule is CCC(C(=O)OC)C(C)(O)c1cccc(F)c1. The van der Waals surface area contributed by atoms with Gasteiger partial charge in [-0.2, -0.15) is 0 Å². The van der Waals surface area contributed by atoms with E-state index in [1.54, 1.807) is 13.0 Å². The number of benzene rings is 1. The number of carbonyl (C=O) groups excluding carboxylic acids is 1. The van der Waals surface area contributed by atoms with Crippen molar-refractivity contribution in [1.82, 2.24) is 0 Å². The summed E-state index contributed by atoms with van der Waals surface area (Å²) < 4.78 is 17.8. The van der Waals surface area contributed by atoms with Crippen LogP contribution in [-0.2, 0) is 15.1 Å². The first-order valence-electron chi connectivity index (χ1n) is 5.49. The number of carbonyl (C=O) groups is 1. The van der Waals surface area contributed by atoms with Crippen LogP contribution in [-0.4, -0.2) is 18.2 Å². The van der Waals surface area contributed by atoms with Crippen molar-refractivity contribution in [3.63, 3.8) is 0 Å². The summed E-state index contributed by atoms with van der Waals surface area (Å²) in [6, 6.07) is 5.61. The highest BCUT2D eigenvalue weighted by atomic mass is 19.1. The van der Waals surface area contributed by atoms with Gasteiger partial charge < -0.3 is 9.84 Å². The standard InChI is InChI=1S/C13H17FO3/c1-4-11(12(15)17-3)13(2,16)9-6-5-7-10(14)8-9/h5-8,11,16H,4H2,1-3H3. The summed E-state index contributed by atoms with van der Waals surface area (Å²) in [7, 11) is 1.27. The lowest BCUT2D eigenvalue weighted by atomic mass is 9.81. The van der Waals surface area contributed by atoms with Gasteiger partial charge in [-0.15, -0.1) is 0 Å². The number of aliphatic hydroxyl groups is 1. The van der Waals surface area contributed by atoms with Gasteiger partial charge in [-0.25, -0.2) is 4.39 Å². The molecule has 0 aliphatic heterocycles. The van der Waals surface area contributed by atoms with Crippen molar-refractivity contribution >= 4 is 5.97 Å². The summed E-state index contributed by atoms with van der Waals surface area (Å²) in [5.41, 5.74) is -1.07. The average molecular weight is 240 g/mol. The van der Waals surface area contributed by atoms with Crippen LogP contribution < -0.4 is 0 Å². The number of methoxy groups -OCH3 is 1. The minimum atomic E-state index is -1.44. The molecule has 0 aromatic heterocycles. The Morgan fingerprint density at radius 1 is 1.59 bits per heavy atom. The molecule has 0 heterocycles. The molecule has 2 atom stereocenters. The second kappa shape index (κ2) is 5.27. The molecule has 1 rings (SSSR count). The van der Waals surface area contributed by atoms with E-state index in [4.69, 9.17) is 0 Å². The fraction of sp³-hybridized carbons (Fsp3) is 0.462. The Kier molecular flexibility index (Phi) is 4.23. The molecule has 0 spiro atoms. The lowest BCUT2D eigenvalue weighted by molar-refractivity contribution is -0.155. The molecule has 0 bridgehead atoms. The quantitative estimate of drug-likeness (QED) is 0.821. The van der Waals surface area contributed by atoms with Crippen LogP contribution in [0.2, 0.25) is 0 Å². The fourth-order valence-electron chi connectivity index (χ4n) is 1.94. The van der Waals surface area contributed by atoms with E-state index in [1.807, 2.05) is 0 Å². The van der Waals surface area contributed by atoms with Crippen molar-refractivity contribution < 1.29 is 19.0 Å². The lowest BCUT2D eigenvalue weighted by Gasteiger charge is -2.30. The van der Waals surface area contributed by atoms with Crippen molar-refractivity contribution in [1.29, 1.82) is 0 Å². The van der Waals surface area contributed by atoms with E-state index in [2.05, 4.69) is 4.74 Å². The van der Waals surface area contributed by atoms with Gasteiger partial charge >= 0.3 is 5.97 Å². The monoisotopic (exact) mass is 240 g/mol. The van der Waals surface area contributed by atoms with Gasteiger partial charge in [0.15, 0.2) is 0 Å². The van der Waals surface area contributed by atoms with Gasteiger partial charge in [0.05, 0.1) is 13.0 Å². The zero-order valence-electron chi connectivity index (χ0n) is 10.2. The van der Waals surface area contributed by atoms with Gasteiger partial charge in [-0.05, 0) is 31.0 Å². The first kappa shape index (κ1) is 13.6. The van der Waals surface area contributed by atoms with Gasteiger partial charge in [0.1, 0.15) is 11.4 Å². The molecular weight excluding hydrogens is 223 g/mol. The summed E-state index contributed by atoms with van der Waals surface area (Å²) in [6.07, 6.45) is 0.413. The summed E-state index contributed by atoms with van der Waals surface area (Å²) in [4.78, 5) is 11.6. The van der Waals surface area contributed by atoms with Gasteiger partial charge in [0, 0.05) is 0 Å². The molecule has 17 heavy (non-hydrogen) atoms. The second-order valence-corrected chi connectivity index (χ2v) is 4.14. The van der Waals surface area contributed by atoms with E-state index in [-0.39, 0.29) is 0 Å². The molecule has 0 aliphatic rings. The maximum Gasteiger partial charge on any atom is 0.311 e. The van der Waals surface area contributed by atoms with Crippen LogP contribution in [0.15, 0.2) is 24.3 Å². The van der Waals surface area contributed by atoms with Gasteiger partial charge in [-0.3, -0.25) is 4.79 Å². The maximum absolute atomic E-state index is 13.1. The number of rotatable bonds is 4. The fourth-order valence-corrected chi connectivity index (χ4v) is 1.94. The maximum atomic E-state index is 13.1. The topological polar surface area (TPSA) is 46.5 Å². The normalized spacial score (nSPS) is 16.1. The van der Waals surface area contributed by atoms with Crippen molar-refractivity contribution in [2.24, 2.45) is 5.92 Å². The zero-order chi connectivity index (χ0) is 13.1. The minimum absolute atomic E-state index is 0.370. The molecule has 2 unspecified atom stereocenters. The largest absolute Gasteiger partial charge is 0.469 e. The van der Waals surface area contributed by atoms with Crippen molar-refractivity contribution in [2.45, 2.75) is 25.9 Å². The lowest BCUT2D eigenvalue weighted by Crippen LogP contribution is -2.37. The first-order chi connectivity index (χ1) is 7.93. The third-order valence-electron chi connectivity index (χ3n) is 2.98. The Morgan fingerprint density at radius 3 is 2.71 bits per heavy atom. The predicted octanol–water partition coefficient (Wildman–Crippen LogP) is 2.23. The Hall–Kier alpha value is -1.42. The van der Waals surface area contributed by atoms with Crippen LogP contribution >= 0.6 is 0 Å². The highest BCUT2D eigenvalue weighted by Crippen LogP contribution is 2.32. The van der Waals surface area contributed by atoms with Crippen LogP contribution in [0.1, 0.15) is 25.8 Å². The molecule has 0 fully saturated rings. The number of hydrogen-bond donors (Lipinski definition) is 1. The van der Waals surface area contributed by atoms with Crippen LogP contribution in [0.4, 0.5) is 4.39 Å². The van der Waals surface area contributed by atoms with Crippen molar-refractivity contribution in [2.75, 3.05) is 7.11 Å². The van der Waals surface area contributed by atoms with Gasteiger partial charge in [-0.1, -0.05) is 19.1 Å². The molecule has 0 amide bonds. The highest BCUT2D eigenvalue weighted by Gasteiger charge is 2.38. The predicted molar refractivity (Wildman–Crippen MR) is 61.8 cm³/mol. The third kappa shape index (κ3) is 2.82. The van der Waals surface area contributed by atoms with E-state index in [1.165, 1.54) is 32.2 Å². The summed E-state index contributed by atoms with van der Waals surface area (Å²) in [5.74, 6) is -1.65. The summed E-state index contributed by atoms with van der Waals surface area (Å²) in [5, 5.41) is 10.4. The van der Waals surface area contributed by atoms with Crippen LogP contribution in [0.25, 0.3) is 0 Å². The summed E-state index contributed by atoms with van der Waals surface area (Å²) in [6.45, 7) is 3.27. The Bertz CT molecular complexity index is 401. The first-order valence-corrected chi connectivity index (χ1v) is 5.49. The Morgan fingerprint density at radius 2 is 2.24 bits per heavy atom. The molecule has 0 radical (unpaired) electrons. The van der Waals surface area contributed by atoms with Crippen LogP contribution in [0, 0.1) is 11.7 Å². The minimum Gasteiger partial charge on any atom is -0.469 e. The number of hydrogen-bond acceptors (Lipinski definition) is 3. The number of esters is 1. The van der Waals surface area contributed by atoms with E-state index in [9.17, 15) is 14.3 Å². The zero-order valence-corrected chi connectivity index (χ0v) is 10.2. The van der Waals surface area contributed by atoms with E-state index >= 15 is 0 Å². The molecule has 1 aromatic carbocycles. The number of halogens is 1. The Balaban J connectivity index is 3.11. The Labute approximate surface area is 100 Å². The average Bonchev–Trinajstić information content (AvgIpc) is 2.29. The van der Waals surface area contributed by atoms with Crippen LogP contribution in [0.5, 0.6) is 0 Å². The van der Waals surface area contributed by atoms with Gasteiger partial charge in [0.2, 0.25) is 0 Å². The molecule has 0 saturated heterocycles. The van der Waals surface area contributed by atoms with E-state index in [0.29, 0.717) is 12.0 Å². The molecule has 1 aromatic rings. The van der Waals surface area contributed by atoms with Crippen molar-refractivity contribution in [3.8, 4) is 0 Å². The molecular formula is C13H17FO3. The summed E-state index contributed by atoms with van der Waals surface area (Å²) >= 11 is 0. The van der Waals surface area contributed by atoms with Crippen LogP contribution in [0.3, 0.4) is 0 Å². The second-order valence-electron chi connectivity index (χ2n) is 4.14. The smallest absolute Gasteiger partial charge is 0.311 e. The highest BCUT2D eigenvalue weighted by molar-refractivity contribution is 5.74. The molecule has 0 saturated carbocycles. The molecule has 3 nitrogen and oxygen atoms in total. The molecule has 1 N–H and O–H groups in total. The number of ether oxygens (including phenoxy) is 1. The molecule has 0 aliphatic carbocycles.